The Morgan fingerprint density at radius 1 is 1.23 bits per heavy atom. The number of unbranched alkanes of at least 4 members (excludes halogenated alkanes) is 4. The molecule has 0 spiro atoms. The Labute approximate surface area is 136 Å². The molecule has 2 heteroatoms. The van der Waals surface area contributed by atoms with Gasteiger partial charge in [-0.05, 0) is 51.8 Å². The summed E-state index contributed by atoms with van der Waals surface area (Å²) in [4.78, 5) is 2.48. The van der Waals surface area contributed by atoms with E-state index >= 15 is 0 Å². The summed E-state index contributed by atoms with van der Waals surface area (Å²) < 4.78 is 2.37. The van der Waals surface area contributed by atoms with Crippen LogP contribution in [0.25, 0.3) is 0 Å². The fraction of sp³-hybridized carbons (Fsp3) is 0.650. The smallest absolute Gasteiger partial charge is 0.173 e. The van der Waals surface area contributed by atoms with Crippen molar-refractivity contribution in [3.05, 3.63) is 42.2 Å². The second-order valence-electron chi connectivity index (χ2n) is 6.62. The molecule has 2 rings (SSSR count). The first-order valence-corrected chi connectivity index (χ1v) is 9.15. The molecule has 0 amide bonds. The van der Waals surface area contributed by atoms with Crippen molar-refractivity contribution in [2.24, 2.45) is 0 Å². The van der Waals surface area contributed by atoms with Gasteiger partial charge >= 0.3 is 0 Å². The van der Waals surface area contributed by atoms with Crippen LogP contribution in [0.2, 0.25) is 0 Å². The Hall–Kier alpha value is -1.15. The number of aromatic nitrogens is 1. The first-order valence-electron chi connectivity index (χ1n) is 9.15. The van der Waals surface area contributed by atoms with Crippen LogP contribution in [0, 0.1) is 0 Å². The Bertz CT molecular complexity index is 453. The van der Waals surface area contributed by atoms with Crippen molar-refractivity contribution < 1.29 is 4.57 Å². The molecular formula is C20H33N2+. The van der Waals surface area contributed by atoms with Crippen molar-refractivity contribution in [1.29, 1.82) is 0 Å². The minimum Gasteiger partial charge on any atom is -0.299 e. The highest BCUT2D eigenvalue weighted by atomic mass is 15.1. The number of hydrogen-bond acceptors (Lipinski definition) is 1. The minimum atomic E-state index is 0.630. The molecule has 1 aliphatic rings. The minimum absolute atomic E-state index is 0.630. The van der Waals surface area contributed by atoms with E-state index in [0.717, 1.165) is 6.54 Å². The van der Waals surface area contributed by atoms with Crippen molar-refractivity contribution in [2.75, 3.05) is 13.6 Å². The Morgan fingerprint density at radius 2 is 2.05 bits per heavy atom. The first-order chi connectivity index (χ1) is 10.8. The summed E-state index contributed by atoms with van der Waals surface area (Å²) in [6.45, 7) is 4.63. The summed E-state index contributed by atoms with van der Waals surface area (Å²) in [6, 6.07) is 5.13. The van der Waals surface area contributed by atoms with Gasteiger partial charge in [0.25, 0.3) is 0 Å². The summed E-state index contributed by atoms with van der Waals surface area (Å²) in [5, 5.41) is 0. The van der Waals surface area contributed by atoms with Crippen molar-refractivity contribution >= 4 is 0 Å². The van der Waals surface area contributed by atoms with Gasteiger partial charge in [-0.15, -0.1) is 0 Å². The molecule has 0 radical (unpaired) electrons. The molecule has 0 N–H and O–H groups in total. The van der Waals surface area contributed by atoms with E-state index in [1.807, 2.05) is 0 Å². The quantitative estimate of drug-likeness (QED) is 0.365. The van der Waals surface area contributed by atoms with E-state index in [4.69, 9.17) is 0 Å². The van der Waals surface area contributed by atoms with E-state index in [1.165, 1.54) is 63.5 Å². The molecule has 1 unspecified atom stereocenters. The lowest BCUT2D eigenvalue weighted by molar-refractivity contribution is -0.697. The Balaban J connectivity index is 1.72. The first kappa shape index (κ1) is 17.2. The largest absolute Gasteiger partial charge is 0.299 e. The van der Waals surface area contributed by atoms with Crippen LogP contribution in [0.15, 0.2) is 36.7 Å². The molecule has 1 saturated heterocycles. The fourth-order valence-corrected chi connectivity index (χ4v) is 3.35. The summed E-state index contributed by atoms with van der Waals surface area (Å²) in [5.74, 6) is 0. The Morgan fingerprint density at radius 3 is 2.77 bits per heavy atom. The fourth-order valence-electron chi connectivity index (χ4n) is 3.35. The molecule has 1 atom stereocenters. The highest BCUT2D eigenvalue weighted by Gasteiger charge is 2.24. The molecule has 22 heavy (non-hydrogen) atoms. The molecule has 122 valence electrons. The molecule has 0 aromatic carbocycles. The van der Waals surface area contributed by atoms with Crippen LogP contribution in [0.3, 0.4) is 0 Å². The van der Waals surface area contributed by atoms with Gasteiger partial charge in [-0.3, -0.25) is 4.90 Å². The predicted octanol–water partition coefficient (Wildman–Crippen LogP) is 4.66. The molecule has 1 fully saturated rings. The zero-order valence-corrected chi connectivity index (χ0v) is 14.5. The van der Waals surface area contributed by atoms with Crippen molar-refractivity contribution in [1.82, 2.24) is 4.90 Å². The van der Waals surface area contributed by atoms with Gasteiger partial charge in [-0.1, -0.05) is 31.9 Å². The molecule has 1 aliphatic heterocycles. The summed E-state index contributed by atoms with van der Waals surface area (Å²) in [5.41, 5.74) is 1.48. The van der Waals surface area contributed by atoms with Gasteiger partial charge in [0.15, 0.2) is 12.4 Å². The average Bonchev–Trinajstić information content (AvgIpc) is 2.96. The second kappa shape index (κ2) is 9.78. The van der Waals surface area contributed by atoms with Crippen molar-refractivity contribution in [2.45, 2.75) is 70.9 Å². The van der Waals surface area contributed by atoms with Crippen LogP contribution < -0.4 is 4.57 Å². The monoisotopic (exact) mass is 301 g/mol. The van der Waals surface area contributed by atoms with Gasteiger partial charge in [-0.25, -0.2) is 4.57 Å². The molecule has 0 bridgehead atoms. The summed E-state index contributed by atoms with van der Waals surface area (Å²) in [7, 11) is 2.25. The topological polar surface area (TPSA) is 7.12 Å². The third-order valence-electron chi connectivity index (χ3n) is 4.71. The van der Waals surface area contributed by atoms with E-state index in [1.54, 1.807) is 0 Å². The maximum absolute atomic E-state index is 2.48. The lowest BCUT2D eigenvalue weighted by Gasteiger charge is -2.18. The van der Waals surface area contributed by atoms with Crippen LogP contribution in [-0.2, 0) is 6.54 Å². The zero-order chi connectivity index (χ0) is 15.6. The van der Waals surface area contributed by atoms with Crippen molar-refractivity contribution in [3.8, 4) is 0 Å². The lowest BCUT2D eigenvalue weighted by Crippen LogP contribution is -2.34. The SMILES string of the molecule is CCCCC/C=C/CCC[n+]1cccc(C2CCCN2C)c1. The van der Waals surface area contributed by atoms with Gasteiger partial charge in [-0.2, -0.15) is 0 Å². The van der Waals surface area contributed by atoms with E-state index < -0.39 is 0 Å². The third-order valence-corrected chi connectivity index (χ3v) is 4.71. The van der Waals surface area contributed by atoms with Crippen LogP contribution in [0.1, 0.15) is 69.9 Å². The molecule has 2 nitrogen and oxygen atoms in total. The number of allylic oxidation sites excluding steroid dienone is 2. The zero-order valence-electron chi connectivity index (χ0n) is 14.5. The van der Waals surface area contributed by atoms with Crippen molar-refractivity contribution in [3.63, 3.8) is 0 Å². The van der Waals surface area contributed by atoms with Crippen LogP contribution in [0.5, 0.6) is 0 Å². The predicted molar refractivity (Wildman–Crippen MR) is 93.8 cm³/mol. The summed E-state index contributed by atoms with van der Waals surface area (Å²) >= 11 is 0. The third kappa shape index (κ3) is 5.57. The number of hydrogen-bond donors (Lipinski definition) is 0. The average molecular weight is 301 g/mol. The number of rotatable bonds is 9. The van der Waals surface area contributed by atoms with Gasteiger partial charge in [0.05, 0.1) is 0 Å². The molecule has 1 aromatic rings. The van der Waals surface area contributed by atoms with Gasteiger partial charge < -0.3 is 0 Å². The van der Waals surface area contributed by atoms with Gasteiger partial charge in [0, 0.05) is 24.1 Å². The maximum Gasteiger partial charge on any atom is 0.173 e. The molecule has 2 heterocycles. The number of likely N-dealkylation sites (tertiary alicyclic amines) is 1. The van der Waals surface area contributed by atoms with E-state index in [-0.39, 0.29) is 0 Å². The van der Waals surface area contributed by atoms with Gasteiger partial charge in [0.2, 0.25) is 0 Å². The molecule has 0 aliphatic carbocycles. The van der Waals surface area contributed by atoms with E-state index in [0.29, 0.717) is 6.04 Å². The lowest BCUT2D eigenvalue weighted by atomic mass is 10.1. The van der Waals surface area contributed by atoms with Crippen LogP contribution in [-0.4, -0.2) is 18.5 Å². The number of pyridine rings is 1. The van der Waals surface area contributed by atoms with Crippen LogP contribution in [0.4, 0.5) is 0 Å². The van der Waals surface area contributed by atoms with E-state index in [2.05, 4.69) is 60.1 Å². The van der Waals surface area contributed by atoms with E-state index in [9.17, 15) is 0 Å². The highest BCUT2D eigenvalue weighted by Crippen LogP contribution is 2.29. The summed E-state index contributed by atoms with van der Waals surface area (Å²) in [6.07, 6.45) is 19.7. The van der Waals surface area contributed by atoms with Crippen LogP contribution >= 0.6 is 0 Å². The number of aryl methyl sites for hydroxylation is 1. The second-order valence-corrected chi connectivity index (χ2v) is 6.62. The molecule has 1 aromatic heterocycles. The normalized spacial score (nSPS) is 19.3. The molecule has 0 saturated carbocycles. The molecular weight excluding hydrogens is 268 g/mol. The van der Waals surface area contributed by atoms with Gasteiger partial charge in [0.1, 0.15) is 6.54 Å². The maximum atomic E-state index is 2.48. The highest BCUT2D eigenvalue weighted by molar-refractivity contribution is 5.12. The standard InChI is InChI=1S/C20H33N2/c1-3-4-5-6-7-8-9-10-16-22-17-11-13-19(18-22)20-14-12-15-21(20)2/h7-8,11,13,17-18,20H,3-6,9-10,12,14-16H2,1-2H3/q+1/b8-7+. The number of nitrogens with zero attached hydrogens (tertiary/aromatic N) is 2. The Kier molecular flexibility index (Phi) is 7.65.